The van der Waals surface area contributed by atoms with Crippen LogP contribution in [0.1, 0.15) is 30.6 Å². The van der Waals surface area contributed by atoms with Crippen LogP contribution in [0.15, 0.2) is 53.0 Å². The SMILES string of the molecule is CC[C@@H](O)c1ccc(OCc2ccc(Br)cc2)cc1. The van der Waals surface area contributed by atoms with Crippen LogP contribution in [0.25, 0.3) is 0 Å². The fourth-order valence-electron chi connectivity index (χ4n) is 1.77. The smallest absolute Gasteiger partial charge is 0.119 e. The normalized spacial score (nSPS) is 12.2. The van der Waals surface area contributed by atoms with Gasteiger partial charge in [0.15, 0.2) is 0 Å². The van der Waals surface area contributed by atoms with Gasteiger partial charge in [-0.25, -0.2) is 0 Å². The van der Waals surface area contributed by atoms with Crippen LogP contribution >= 0.6 is 15.9 Å². The van der Waals surface area contributed by atoms with Gasteiger partial charge >= 0.3 is 0 Å². The molecule has 2 aromatic carbocycles. The number of halogens is 1. The minimum absolute atomic E-state index is 0.388. The summed E-state index contributed by atoms with van der Waals surface area (Å²) >= 11 is 3.41. The van der Waals surface area contributed by atoms with Crippen LogP contribution in [-0.2, 0) is 6.61 Å². The van der Waals surface area contributed by atoms with Gasteiger partial charge in [-0.15, -0.1) is 0 Å². The summed E-state index contributed by atoms with van der Waals surface area (Å²) in [6.45, 7) is 2.51. The van der Waals surface area contributed by atoms with E-state index in [1.807, 2.05) is 55.5 Å². The van der Waals surface area contributed by atoms with Crippen LogP contribution < -0.4 is 4.74 Å². The molecule has 19 heavy (non-hydrogen) atoms. The Morgan fingerprint density at radius 2 is 1.68 bits per heavy atom. The Morgan fingerprint density at radius 3 is 2.26 bits per heavy atom. The predicted octanol–water partition coefficient (Wildman–Crippen LogP) is 4.47. The lowest BCUT2D eigenvalue weighted by atomic mass is 10.1. The maximum atomic E-state index is 9.71. The maximum absolute atomic E-state index is 9.71. The summed E-state index contributed by atoms with van der Waals surface area (Å²) in [5.74, 6) is 0.815. The molecular weight excluding hydrogens is 304 g/mol. The van der Waals surface area contributed by atoms with E-state index in [0.29, 0.717) is 6.61 Å². The lowest BCUT2D eigenvalue weighted by Gasteiger charge is -2.10. The van der Waals surface area contributed by atoms with Crippen LogP contribution in [0.2, 0.25) is 0 Å². The molecule has 1 N–H and O–H groups in total. The number of aliphatic hydroxyl groups is 1. The third-order valence-corrected chi connectivity index (χ3v) is 3.50. The first kappa shape index (κ1) is 14.1. The van der Waals surface area contributed by atoms with Gasteiger partial charge in [-0.1, -0.05) is 47.1 Å². The van der Waals surface area contributed by atoms with Gasteiger partial charge in [0.05, 0.1) is 6.10 Å². The van der Waals surface area contributed by atoms with Crippen molar-refractivity contribution >= 4 is 15.9 Å². The van der Waals surface area contributed by atoms with Crippen molar-refractivity contribution in [2.45, 2.75) is 26.1 Å². The number of benzene rings is 2. The summed E-state index contributed by atoms with van der Waals surface area (Å²) in [5.41, 5.74) is 2.05. The lowest BCUT2D eigenvalue weighted by Crippen LogP contribution is -1.97. The molecule has 0 aromatic heterocycles. The highest BCUT2D eigenvalue weighted by Crippen LogP contribution is 2.20. The second-order valence-electron chi connectivity index (χ2n) is 4.41. The maximum Gasteiger partial charge on any atom is 0.119 e. The first-order valence-corrected chi connectivity index (χ1v) is 7.13. The average molecular weight is 321 g/mol. The minimum Gasteiger partial charge on any atom is -0.489 e. The van der Waals surface area contributed by atoms with Crippen molar-refractivity contribution in [2.24, 2.45) is 0 Å². The average Bonchev–Trinajstić information content (AvgIpc) is 2.46. The first-order valence-electron chi connectivity index (χ1n) is 6.34. The molecule has 0 unspecified atom stereocenters. The van der Waals surface area contributed by atoms with Crippen LogP contribution in [-0.4, -0.2) is 5.11 Å². The Hall–Kier alpha value is -1.32. The van der Waals surface area contributed by atoms with Crippen molar-refractivity contribution in [1.29, 1.82) is 0 Å². The van der Waals surface area contributed by atoms with E-state index >= 15 is 0 Å². The molecule has 0 aliphatic carbocycles. The van der Waals surface area contributed by atoms with E-state index in [4.69, 9.17) is 4.74 Å². The Morgan fingerprint density at radius 1 is 1.05 bits per heavy atom. The van der Waals surface area contributed by atoms with Crippen LogP contribution in [0.5, 0.6) is 5.75 Å². The van der Waals surface area contributed by atoms with Crippen LogP contribution in [0.4, 0.5) is 0 Å². The highest BCUT2D eigenvalue weighted by molar-refractivity contribution is 9.10. The number of aliphatic hydroxyl groups excluding tert-OH is 1. The van der Waals surface area contributed by atoms with Gasteiger partial charge in [0.1, 0.15) is 12.4 Å². The molecule has 2 aromatic rings. The summed E-state index contributed by atoms with van der Waals surface area (Å²) < 4.78 is 6.77. The highest BCUT2D eigenvalue weighted by atomic mass is 79.9. The number of rotatable bonds is 5. The molecule has 0 aliphatic heterocycles. The van der Waals surface area contributed by atoms with Crippen molar-refractivity contribution in [3.05, 3.63) is 64.1 Å². The topological polar surface area (TPSA) is 29.5 Å². The van der Waals surface area contributed by atoms with E-state index in [1.54, 1.807) is 0 Å². The standard InChI is InChI=1S/C16H17BrO2/c1-2-16(18)13-5-9-15(10-6-13)19-11-12-3-7-14(17)8-4-12/h3-10,16,18H,2,11H2,1H3/t16-/m1/s1. The van der Waals surface area contributed by atoms with Crippen molar-refractivity contribution in [2.75, 3.05) is 0 Å². The van der Waals surface area contributed by atoms with Gasteiger partial charge in [-0.05, 0) is 41.8 Å². The molecule has 100 valence electrons. The summed E-state index contributed by atoms with van der Waals surface area (Å²) in [6.07, 6.45) is 0.333. The van der Waals surface area contributed by atoms with Crippen molar-refractivity contribution < 1.29 is 9.84 Å². The van der Waals surface area contributed by atoms with Gasteiger partial charge in [0.25, 0.3) is 0 Å². The Kier molecular flexibility index (Phi) is 5.00. The molecule has 1 atom stereocenters. The molecule has 0 amide bonds. The van der Waals surface area contributed by atoms with Gasteiger partial charge in [-0.2, -0.15) is 0 Å². The third-order valence-electron chi connectivity index (χ3n) is 2.97. The molecule has 0 saturated carbocycles. The van der Waals surface area contributed by atoms with Crippen molar-refractivity contribution in [3.8, 4) is 5.75 Å². The second-order valence-corrected chi connectivity index (χ2v) is 5.32. The lowest BCUT2D eigenvalue weighted by molar-refractivity contribution is 0.173. The summed E-state index contributed by atoms with van der Waals surface area (Å²) in [5, 5.41) is 9.71. The first-order chi connectivity index (χ1) is 9.19. The monoisotopic (exact) mass is 320 g/mol. The molecule has 0 fully saturated rings. The van der Waals surface area contributed by atoms with E-state index < -0.39 is 0 Å². The Labute approximate surface area is 122 Å². The van der Waals surface area contributed by atoms with Crippen molar-refractivity contribution in [3.63, 3.8) is 0 Å². The molecule has 0 spiro atoms. The molecule has 2 nitrogen and oxygen atoms in total. The largest absolute Gasteiger partial charge is 0.489 e. The number of hydrogen-bond donors (Lipinski definition) is 1. The predicted molar refractivity (Wildman–Crippen MR) is 80.2 cm³/mol. The number of ether oxygens (including phenoxy) is 1. The summed E-state index contributed by atoms with van der Waals surface area (Å²) in [7, 11) is 0. The van der Waals surface area contributed by atoms with E-state index in [1.165, 1.54) is 0 Å². The molecular formula is C16H17BrO2. The molecule has 0 radical (unpaired) electrons. The molecule has 0 aliphatic rings. The summed E-state index contributed by atoms with van der Waals surface area (Å²) in [4.78, 5) is 0. The van der Waals surface area contributed by atoms with Gasteiger partial charge in [0, 0.05) is 4.47 Å². The fraction of sp³-hybridized carbons (Fsp3) is 0.250. The van der Waals surface area contributed by atoms with Crippen LogP contribution in [0, 0.1) is 0 Å². The molecule has 3 heteroatoms. The second kappa shape index (κ2) is 6.73. The van der Waals surface area contributed by atoms with E-state index in [-0.39, 0.29) is 6.10 Å². The zero-order valence-corrected chi connectivity index (χ0v) is 12.4. The highest BCUT2D eigenvalue weighted by Gasteiger charge is 2.04. The van der Waals surface area contributed by atoms with Crippen LogP contribution in [0.3, 0.4) is 0 Å². The molecule has 0 heterocycles. The minimum atomic E-state index is -0.388. The Bertz CT molecular complexity index is 505. The quantitative estimate of drug-likeness (QED) is 0.880. The fourth-order valence-corrected chi connectivity index (χ4v) is 2.03. The molecule has 2 rings (SSSR count). The van der Waals surface area contributed by atoms with Gasteiger partial charge < -0.3 is 9.84 Å². The molecule has 0 bridgehead atoms. The Balaban J connectivity index is 1.94. The zero-order valence-electron chi connectivity index (χ0n) is 10.8. The van der Waals surface area contributed by atoms with E-state index in [0.717, 1.165) is 27.8 Å². The van der Waals surface area contributed by atoms with Gasteiger partial charge in [0.2, 0.25) is 0 Å². The third kappa shape index (κ3) is 4.08. The zero-order chi connectivity index (χ0) is 13.7. The number of hydrogen-bond acceptors (Lipinski definition) is 2. The van der Waals surface area contributed by atoms with Crippen molar-refractivity contribution in [1.82, 2.24) is 0 Å². The van der Waals surface area contributed by atoms with Gasteiger partial charge in [-0.3, -0.25) is 0 Å². The van der Waals surface area contributed by atoms with E-state index in [9.17, 15) is 5.11 Å². The molecule has 0 saturated heterocycles. The summed E-state index contributed by atoms with van der Waals surface area (Å²) in [6, 6.07) is 15.7. The van der Waals surface area contributed by atoms with E-state index in [2.05, 4.69) is 15.9 Å².